The Morgan fingerprint density at radius 3 is 2.78 bits per heavy atom. The smallest absolute Gasteiger partial charge is 0.258 e. The first-order valence-electron chi connectivity index (χ1n) is 7.17. The van der Waals surface area contributed by atoms with Gasteiger partial charge in [-0.25, -0.2) is 0 Å². The molecule has 5 nitrogen and oxygen atoms in total. The van der Waals surface area contributed by atoms with Gasteiger partial charge in [0, 0.05) is 0 Å². The van der Waals surface area contributed by atoms with Crippen LogP contribution in [0, 0.1) is 0 Å². The Balaban J connectivity index is 1.66. The summed E-state index contributed by atoms with van der Waals surface area (Å²) in [5.41, 5.74) is 0.446. The van der Waals surface area contributed by atoms with Crippen molar-refractivity contribution in [1.29, 1.82) is 0 Å². The summed E-state index contributed by atoms with van der Waals surface area (Å²) in [4.78, 5) is 23.2. The fourth-order valence-electron chi connectivity index (χ4n) is 2.32. The van der Waals surface area contributed by atoms with Crippen molar-refractivity contribution in [2.45, 2.75) is 6.54 Å². The van der Waals surface area contributed by atoms with E-state index in [0.717, 1.165) is 17.1 Å². The van der Waals surface area contributed by atoms with E-state index in [9.17, 15) is 9.59 Å². The van der Waals surface area contributed by atoms with Crippen molar-refractivity contribution in [3.8, 4) is 5.75 Å². The maximum Gasteiger partial charge on any atom is 0.258 e. The monoisotopic (exact) mass is 309 g/mol. The van der Waals surface area contributed by atoms with Crippen LogP contribution in [0.1, 0.15) is 16.1 Å². The summed E-state index contributed by atoms with van der Waals surface area (Å²) in [5, 5.41) is 4.43. The van der Waals surface area contributed by atoms with E-state index in [1.807, 2.05) is 30.3 Å². The Hall–Kier alpha value is -3.08. The van der Waals surface area contributed by atoms with E-state index >= 15 is 0 Å². The van der Waals surface area contributed by atoms with Gasteiger partial charge in [-0.1, -0.05) is 30.3 Å². The van der Waals surface area contributed by atoms with Crippen LogP contribution in [0.3, 0.4) is 0 Å². The highest BCUT2D eigenvalue weighted by Gasteiger charge is 2.10. The second-order valence-corrected chi connectivity index (χ2v) is 4.96. The molecule has 0 fully saturated rings. The summed E-state index contributed by atoms with van der Waals surface area (Å²) < 4.78 is 10.6. The fraction of sp³-hybridized carbons (Fsp3) is 0.111. The van der Waals surface area contributed by atoms with E-state index in [1.54, 1.807) is 24.5 Å². The summed E-state index contributed by atoms with van der Waals surface area (Å²) >= 11 is 0. The maximum absolute atomic E-state index is 11.8. The Bertz CT molecular complexity index is 824. The molecule has 0 aliphatic rings. The molecule has 0 saturated carbocycles. The lowest BCUT2D eigenvalue weighted by molar-refractivity contribution is -0.123. The Kier molecular flexibility index (Phi) is 4.38. The van der Waals surface area contributed by atoms with Crippen LogP contribution in [0.2, 0.25) is 0 Å². The van der Waals surface area contributed by atoms with E-state index in [-0.39, 0.29) is 12.5 Å². The quantitative estimate of drug-likeness (QED) is 0.711. The number of furan rings is 1. The average molecular weight is 309 g/mol. The molecule has 0 aliphatic carbocycles. The Morgan fingerprint density at radius 2 is 2.00 bits per heavy atom. The largest absolute Gasteiger partial charge is 0.483 e. The number of fused-ring (bicyclic) bond motifs is 1. The molecular weight excluding hydrogens is 294 g/mol. The topological polar surface area (TPSA) is 68.5 Å². The van der Waals surface area contributed by atoms with Gasteiger partial charge in [0.2, 0.25) is 0 Å². The van der Waals surface area contributed by atoms with Gasteiger partial charge >= 0.3 is 0 Å². The number of nitrogens with one attached hydrogen (secondary N) is 1. The Labute approximate surface area is 132 Å². The summed E-state index contributed by atoms with van der Waals surface area (Å²) in [5.74, 6) is 0.774. The lowest BCUT2D eigenvalue weighted by atomic mass is 10.0. The molecule has 0 unspecified atom stereocenters. The van der Waals surface area contributed by atoms with Crippen LogP contribution in [0.4, 0.5) is 0 Å². The molecule has 0 spiro atoms. The first-order chi connectivity index (χ1) is 11.3. The van der Waals surface area contributed by atoms with Crippen molar-refractivity contribution in [2.75, 3.05) is 6.61 Å². The second kappa shape index (κ2) is 6.79. The minimum absolute atomic E-state index is 0.167. The van der Waals surface area contributed by atoms with Gasteiger partial charge in [-0.2, -0.15) is 0 Å². The highest BCUT2D eigenvalue weighted by Crippen LogP contribution is 2.26. The third-order valence-electron chi connectivity index (χ3n) is 3.45. The van der Waals surface area contributed by atoms with Crippen LogP contribution in [0.5, 0.6) is 5.75 Å². The minimum Gasteiger partial charge on any atom is -0.483 e. The molecule has 0 atom stereocenters. The third-order valence-corrected chi connectivity index (χ3v) is 3.45. The van der Waals surface area contributed by atoms with Gasteiger partial charge in [0.15, 0.2) is 12.9 Å². The lowest BCUT2D eigenvalue weighted by Crippen LogP contribution is -2.28. The molecular formula is C18H15NO4. The van der Waals surface area contributed by atoms with Crippen molar-refractivity contribution < 1.29 is 18.7 Å². The number of rotatable bonds is 6. The first kappa shape index (κ1) is 14.8. The van der Waals surface area contributed by atoms with E-state index in [0.29, 0.717) is 23.6 Å². The molecule has 1 aromatic heterocycles. The van der Waals surface area contributed by atoms with Gasteiger partial charge < -0.3 is 14.5 Å². The number of benzene rings is 2. The second-order valence-electron chi connectivity index (χ2n) is 4.96. The van der Waals surface area contributed by atoms with E-state index < -0.39 is 0 Å². The molecule has 116 valence electrons. The zero-order valence-corrected chi connectivity index (χ0v) is 12.3. The number of amides is 1. The van der Waals surface area contributed by atoms with Gasteiger partial charge in [-0.3, -0.25) is 9.59 Å². The number of aldehydes is 1. The molecule has 1 heterocycles. The highest BCUT2D eigenvalue weighted by atomic mass is 16.5. The standard InChI is InChI=1S/C18H15NO4/c20-11-16-15-6-2-1-4-13(15)7-8-17(16)23-12-18(21)19-10-14-5-3-9-22-14/h1-9,11H,10,12H2,(H,19,21). The SMILES string of the molecule is O=Cc1c(OCC(=O)NCc2ccco2)ccc2ccccc12. The summed E-state index contributed by atoms with van der Waals surface area (Å²) in [7, 11) is 0. The van der Waals surface area contributed by atoms with Gasteiger partial charge in [0.1, 0.15) is 11.5 Å². The van der Waals surface area contributed by atoms with Crippen LogP contribution in [0.25, 0.3) is 10.8 Å². The number of ether oxygens (including phenoxy) is 1. The highest BCUT2D eigenvalue weighted by molar-refractivity contribution is 6.00. The lowest BCUT2D eigenvalue weighted by Gasteiger charge is -2.10. The van der Waals surface area contributed by atoms with Gasteiger partial charge in [-0.15, -0.1) is 0 Å². The molecule has 3 rings (SSSR count). The third kappa shape index (κ3) is 3.40. The molecule has 0 radical (unpaired) electrons. The number of hydrogen-bond acceptors (Lipinski definition) is 4. The predicted molar refractivity (Wildman–Crippen MR) is 85.4 cm³/mol. The summed E-state index contributed by atoms with van der Waals surface area (Å²) in [6.45, 7) is 0.132. The van der Waals surface area contributed by atoms with Crippen LogP contribution < -0.4 is 10.1 Å². The van der Waals surface area contributed by atoms with Crippen LogP contribution in [0.15, 0.2) is 59.2 Å². The van der Waals surface area contributed by atoms with Crippen LogP contribution >= 0.6 is 0 Å². The van der Waals surface area contributed by atoms with Crippen LogP contribution in [-0.4, -0.2) is 18.8 Å². The molecule has 2 aromatic carbocycles. The molecule has 3 aromatic rings. The maximum atomic E-state index is 11.8. The Morgan fingerprint density at radius 1 is 1.13 bits per heavy atom. The van der Waals surface area contributed by atoms with Crippen molar-refractivity contribution in [2.24, 2.45) is 0 Å². The van der Waals surface area contributed by atoms with Crippen molar-refractivity contribution in [3.63, 3.8) is 0 Å². The molecule has 1 amide bonds. The molecule has 0 aliphatic heterocycles. The van der Waals surface area contributed by atoms with Crippen molar-refractivity contribution >= 4 is 23.0 Å². The number of hydrogen-bond donors (Lipinski definition) is 1. The van der Waals surface area contributed by atoms with Crippen molar-refractivity contribution in [1.82, 2.24) is 5.32 Å². The molecule has 0 bridgehead atoms. The van der Waals surface area contributed by atoms with E-state index in [2.05, 4.69) is 5.32 Å². The van der Waals surface area contributed by atoms with Crippen LogP contribution in [-0.2, 0) is 11.3 Å². The molecule has 1 N–H and O–H groups in total. The van der Waals surface area contributed by atoms with Gasteiger partial charge in [0.05, 0.1) is 18.4 Å². The molecule has 5 heteroatoms. The normalized spacial score (nSPS) is 10.4. The van der Waals surface area contributed by atoms with E-state index in [4.69, 9.17) is 9.15 Å². The number of carbonyl (C=O) groups is 2. The van der Waals surface area contributed by atoms with E-state index in [1.165, 1.54) is 0 Å². The summed E-state index contributed by atoms with van der Waals surface area (Å²) in [6, 6.07) is 14.6. The van der Waals surface area contributed by atoms with Crippen molar-refractivity contribution in [3.05, 3.63) is 66.1 Å². The zero-order chi connectivity index (χ0) is 16.1. The zero-order valence-electron chi connectivity index (χ0n) is 12.3. The minimum atomic E-state index is -0.286. The molecule has 23 heavy (non-hydrogen) atoms. The van der Waals surface area contributed by atoms with Gasteiger partial charge in [0.25, 0.3) is 5.91 Å². The van der Waals surface area contributed by atoms with Gasteiger partial charge in [-0.05, 0) is 29.0 Å². The summed E-state index contributed by atoms with van der Waals surface area (Å²) in [6.07, 6.45) is 2.29. The average Bonchev–Trinajstić information content (AvgIpc) is 3.11. The number of carbonyl (C=O) groups excluding carboxylic acids is 2. The first-order valence-corrected chi connectivity index (χ1v) is 7.17. The molecule has 0 saturated heterocycles. The fourth-order valence-corrected chi connectivity index (χ4v) is 2.32. The predicted octanol–water partition coefficient (Wildman–Crippen LogP) is 2.94.